The van der Waals surface area contributed by atoms with Crippen LogP contribution in [0.4, 0.5) is 44.2 Å². The standard InChI is InChI=1S/C41H48N12O18P2.C23H32N8O15P2.C20H19N5O4/c42-28-14-15-52(40(56)49-28)38-34(69-29-7-4-16-63-29)33(27(68-38)18-65-72(58,59)60)71-73(61,62)66-19-26-32(31(54)37(67-26)53-21-47-30-35(43)45-20-46-36(30)53)70-39(55)25(13-10-22-5-2-1-3-6-22)48-41(57)64-17-23-8-11-24(12-9-23)50-51-44;24-12-3-4-30(23(34)29-12)22-18(45-13-2-1-5-40-13)17(11(44-22)7-41-47(35,36)37)46-48(38,39)42-6-10-15(32)16(33)21(43-10)31-9-28-14-19(25)26-8-27-20(14)31;21-12-13-28-19(26)18(11-8-15-4-2-1-3-5-15)23-20(27)29-14-16-6-9-17(10-7-16)24-25-22/h1-3,5-6,8-9,11-12,14-15,20-21,25-27,29,31-34,37-38,54H,4,7,10,13,16-19H2,(H,48,57)(H,61,62)(H2,42,49,56)(H2,43,45,46)(H2,58,59,60);3-4,8-11,13,15-18,21-22,32-33H,1-2,5-7H2,(H,38,39)(H2,24,29,34)(H2,25,26,27)(H2,35,36,37);1-7,9-10,18H,8,11,13-14H2,(H,23,27)/t25-,26?,27+,29?,31+,32+,33+,34+,37+,38+;10-,11-,13?,15-,16-,17-,18-,21-,22-;18-/m010/s1. The monoisotopic (exact) mass is 2170 g/mol. The lowest BCUT2D eigenvalue weighted by Crippen LogP contribution is -2.47. The van der Waals surface area contributed by atoms with Crippen molar-refractivity contribution in [2.24, 2.45) is 10.2 Å². The van der Waals surface area contributed by atoms with Gasteiger partial charge in [0.15, 0.2) is 73.1 Å². The Bertz CT molecular complexity index is 6800. The lowest BCUT2D eigenvalue weighted by atomic mass is 10.0. The van der Waals surface area contributed by atoms with Gasteiger partial charge in [-0.2, -0.15) is 15.2 Å². The summed E-state index contributed by atoms with van der Waals surface area (Å²) in [5, 5.41) is 53.9. The van der Waals surface area contributed by atoms with Gasteiger partial charge in [-0.15, -0.1) is 0 Å². The highest BCUT2D eigenvalue weighted by Gasteiger charge is 2.57. The number of nitrogens with one attached hydrogen (secondary N) is 2. The summed E-state index contributed by atoms with van der Waals surface area (Å²) < 4.78 is 155. The number of aryl methyl sites for hydroxylation is 2. The van der Waals surface area contributed by atoms with Gasteiger partial charge < -0.3 is 135 Å². The molecule has 0 bridgehead atoms. The number of nitrogen functional groups attached to an aromatic ring is 4. The minimum atomic E-state index is -5.47. The topological polar surface area (TPSA) is 891 Å². The maximum Gasteiger partial charge on any atom is 0.472 e. The van der Waals surface area contributed by atoms with Gasteiger partial charge >= 0.3 is 66.8 Å². The lowest BCUT2D eigenvalue weighted by molar-refractivity contribution is -0.181. The van der Waals surface area contributed by atoms with Crippen LogP contribution in [0.3, 0.4) is 0 Å². The lowest BCUT2D eigenvalue weighted by Gasteiger charge is -2.29. The van der Waals surface area contributed by atoms with Crippen LogP contribution in [0.1, 0.15) is 85.7 Å². The molecule has 6 aliphatic heterocycles. The highest BCUT2D eigenvalue weighted by molar-refractivity contribution is 7.47. The van der Waals surface area contributed by atoms with Gasteiger partial charge in [0, 0.05) is 59.6 Å². The molecule has 6 fully saturated rings. The summed E-state index contributed by atoms with van der Waals surface area (Å²) in [5.41, 5.74) is 42.7. The van der Waals surface area contributed by atoms with Crippen LogP contribution in [-0.4, -0.2) is 271 Å². The van der Waals surface area contributed by atoms with E-state index >= 15 is 0 Å². The summed E-state index contributed by atoms with van der Waals surface area (Å²) >= 11 is 0. The summed E-state index contributed by atoms with van der Waals surface area (Å²) in [7, 11) is -21.0. The zero-order valence-electron chi connectivity index (χ0n) is 78.1. The largest absolute Gasteiger partial charge is 0.472 e. The number of hydrogen-bond donors (Lipinski definition) is 15. The van der Waals surface area contributed by atoms with Crippen molar-refractivity contribution in [2.75, 3.05) is 69.2 Å². The highest BCUT2D eigenvalue weighted by atomic mass is 31.2. The van der Waals surface area contributed by atoms with E-state index in [-0.39, 0.29) is 78.3 Å². The number of esters is 2. The van der Waals surface area contributed by atoms with E-state index in [0.717, 1.165) is 26.6 Å². The number of nitrogens with zero attached hydrogens (tertiary/aromatic N) is 19. The number of amides is 2. The molecular formula is C84H99N25O37P4. The number of phosphoric acid groups is 4. The molecule has 6 aromatic heterocycles. The molecule has 6 saturated heterocycles. The molecule has 4 aromatic carbocycles. The van der Waals surface area contributed by atoms with E-state index < -0.39 is 223 Å². The van der Waals surface area contributed by atoms with Crippen molar-refractivity contribution in [1.82, 2.24) is 68.8 Å². The number of ether oxygens (including phenoxy) is 12. The Morgan fingerprint density at radius 1 is 0.487 bits per heavy atom. The molecule has 0 spiro atoms. The number of nitrogens with two attached hydrogens (primary N) is 4. The second kappa shape index (κ2) is 51.4. The molecule has 5 unspecified atom stereocenters. The average Bonchev–Trinajstić information content (AvgIpc) is 1.64. The summed E-state index contributed by atoms with van der Waals surface area (Å²) in [6.07, 6.45) is -18.8. The molecule has 2 amide bonds. The number of carbonyl (C=O) groups excluding carboxylic acids is 4. The van der Waals surface area contributed by atoms with Crippen molar-refractivity contribution in [1.29, 1.82) is 5.26 Å². The molecule has 0 saturated carbocycles. The summed E-state index contributed by atoms with van der Waals surface area (Å²) in [6.45, 7) is -3.72. The smallest absolute Gasteiger partial charge is 0.455 e. The van der Waals surface area contributed by atoms with Crippen LogP contribution in [-0.2, 0) is 138 Å². The number of carbonyl (C=O) groups is 4. The number of alkyl carbamates (subject to hydrolysis) is 2. The number of imidazole rings is 2. The Hall–Kier alpha value is -13.5. The first-order chi connectivity index (χ1) is 71.8. The predicted molar refractivity (Wildman–Crippen MR) is 505 cm³/mol. The van der Waals surface area contributed by atoms with Crippen molar-refractivity contribution in [3.8, 4) is 6.07 Å². The van der Waals surface area contributed by atoms with Crippen molar-refractivity contribution in [3.05, 3.63) is 223 Å². The molecule has 62 nitrogen and oxygen atoms in total. The number of aliphatic hydroxyl groups is 3. The third-order valence-corrected chi connectivity index (χ3v) is 26.0. The van der Waals surface area contributed by atoms with Gasteiger partial charge in [-0.25, -0.2) is 76.9 Å². The number of aliphatic hydroxyl groups excluding tert-OH is 3. The van der Waals surface area contributed by atoms with Crippen molar-refractivity contribution < 1.29 is 166 Å². The first-order valence-corrected chi connectivity index (χ1v) is 51.3. The molecule has 0 radical (unpaired) electrons. The van der Waals surface area contributed by atoms with E-state index in [1.54, 1.807) is 72.8 Å². The van der Waals surface area contributed by atoms with Gasteiger partial charge in [0.1, 0.15) is 134 Å². The zero-order chi connectivity index (χ0) is 107. The van der Waals surface area contributed by atoms with Crippen LogP contribution in [0.2, 0.25) is 0 Å². The minimum Gasteiger partial charge on any atom is -0.455 e. The van der Waals surface area contributed by atoms with Crippen LogP contribution in [0.15, 0.2) is 179 Å². The third-order valence-electron chi connectivity index (χ3n) is 23.1. The maximum absolute atomic E-state index is 14.3. The third kappa shape index (κ3) is 30.5. The number of anilines is 4. The van der Waals surface area contributed by atoms with Crippen molar-refractivity contribution in [2.45, 2.75) is 187 Å². The van der Waals surface area contributed by atoms with Crippen LogP contribution in [0, 0.1) is 11.3 Å². The second-order valence-corrected chi connectivity index (χ2v) is 38.6. The molecule has 19 N–H and O–H groups in total. The summed E-state index contributed by atoms with van der Waals surface area (Å²) in [4.78, 5) is 175. The zero-order valence-corrected chi connectivity index (χ0v) is 81.7. The molecule has 150 heavy (non-hydrogen) atoms. The molecule has 10 aromatic rings. The van der Waals surface area contributed by atoms with Crippen LogP contribution in [0.5, 0.6) is 0 Å². The van der Waals surface area contributed by atoms with Crippen molar-refractivity contribution >= 4 is 112 Å². The Kier molecular flexibility index (Phi) is 38.4. The highest BCUT2D eigenvalue weighted by Crippen LogP contribution is 2.54. The fourth-order valence-electron chi connectivity index (χ4n) is 16.0. The van der Waals surface area contributed by atoms with Gasteiger partial charge in [-0.1, -0.05) is 119 Å². The molecule has 12 heterocycles. The predicted octanol–water partition coefficient (Wildman–Crippen LogP) is 4.14. The van der Waals surface area contributed by atoms with E-state index in [1.807, 2.05) is 30.3 Å². The molecule has 0 aliphatic carbocycles. The number of benzene rings is 4. The number of nitriles is 1. The SMILES string of the molecule is N#CCOC(=O)[C@H](CCc1ccccc1)NC(=O)OCc1ccc(N=[N+]=[N-])cc1.Nc1ccn([C@@H]2O[C@H](COP(=O)(O)O)[C@@H](OP(=O)(O)OC[C@H]3O[C@@H](n4cnc5c(N)ncnc54)[C@H](O)[C@@H]3O)[C@H]2OC2CCCO2)c(=O)n1.[N-]=[N+]=Nc1ccc(COC(=O)N[C@@H](CCc2ccccc2)C(=O)O[C@@H]2C(COP(=O)(O)O[C@H]3[C@@H](OC4CCCO4)[C@H](n4ccc(N)nc4=O)O[C@@H]3COP(=O)(O)O)O[C@@H](n3cnc4c(N)ncnc43)[C@@H]2O)cc1. The summed E-state index contributed by atoms with van der Waals surface area (Å²) in [5.74, 6) is -2.03. The Morgan fingerprint density at radius 2 is 0.893 bits per heavy atom. The Balaban J connectivity index is 0.000000196. The van der Waals surface area contributed by atoms with Crippen molar-refractivity contribution in [3.63, 3.8) is 0 Å². The van der Waals surface area contributed by atoms with E-state index in [1.165, 1.54) is 64.8 Å². The fraction of sp³-hybridized carbons (Fsp3) is 0.440. The molecule has 22 atom stereocenters. The average molecular weight is 2170 g/mol. The maximum atomic E-state index is 14.3. The Morgan fingerprint density at radius 3 is 1.31 bits per heavy atom. The van der Waals surface area contributed by atoms with Gasteiger partial charge in [0.25, 0.3) is 0 Å². The number of aromatic nitrogens is 12. The van der Waals surface area contributed by atoms with Gasteiger partial charge in [-0.3, -0.25) is 45.4 Å². The van der Waals surface area contributed by atoms with Gasteiger partial charge in [0.05, 0.1) is 39.1 Å². The number of hydrogen-bond acceptors (Lipinski definition) is 46. The second-order valence-electron chi connectivity index (χ2n) is 33.3. The quantitative estimate of drug-likeness (QED) is 0.00638. The summed E-state index contributed by atoms with van der Waals surface area (Å²) in [6, 6.07) is 32.9. The van der Waals surface area contributed by atoms with Crippen LogP contribution in [0.25, 0.3) is 43.2 Å². The van der Waals surface area contributed by atoms with E-state index in [4.69, 9.17) is 119 Å². The van der Waals surface area contributed by atoms with E-state index in [9.17, 15) is 91.7 Å². The number of fused-ring (bicyclic) bond motifs is 2. The molecule has 802 valence electrons. The molecule has 66 heteroatoms. The van der Waals surface area contributed by atoms with Gasteiger partial charge in [0.2, 0.25) is 0 Å². The number of rotatable bonds is 42. The first-order valence-electron chi connectivity index (χ1n) is 45.2. The van der Waals surface area contributed by atoms with E-state index in [2.05, 4.69) is 75.1 Å². The van der Waals surface area contributed by atoms with Crippen LogP contribution < -0.4 is 44.9 Å². The molecular weight excluding hydrogens is 2070 g/mol. The normalized spacial score (nSPS) is 24.6. The molecule has 6 aliphatic rings. The number of azide groups is 2. The molecule has 16 rings (SSSR count). The Labute approximate surface area is 844 Å². The van der Waals surface area contributed by atoms with Gasteiger partial charge in [-0.05, 0) is 84.0 Å². The number of phosphoric ester groups is 4. The fourth-order valence-corrected chi connectivity index (χ4v) is 18.6. The van der Waals surface area contributed by atoms with E-state index in [0.29, 0.717) is 67.6 Å². The minimum absolute atomic E-state index is 0.0243. The van der Waals surface area contributed by atoms with Crippen LogP contribution >= 0.6 is 31.3 Å². The first kappa shape index (κ1) is 112.